The van der Waals surface area contributed by atoms with Gasteiger partial charge in [-0.25, -0.2) is 0 Å². The molecule has 0 aromatic carbocycles. The van der Waals surface area contributed by atoms with Crippen LogP contribution in [0.2, 0.25) is 0 Å². The third kappa shape index (κ3) is 7.49. The van der Waals surface area contributed by atoms with Crippen LogP contribution in [0, 0.1) is 39.9 Å². The Hall–Kier alpha value is -0.280. The molecule has 0 radical (unpaired) electrons. The molecule has 6 aliphatic rings. The fourth-order valence-electron chi connectivity index (χ4n) is 9.08. The Labute approximate surface area is 261 Å². The summed E-state index contributed by atoms with van der Waals surface area (Å²) in [5, 5.41) is 10.6. The van der Waals surface area contributed by atoms with E-state index in [1.807, 2.05) is 0 Å². The van der Waals surface area contributed by atoms with Gasteiger partial charge < -0.3 is 33.5 Å². The summed E-state index contributed by atoms with van der Waals surface area (Å²) in [5.41, 5.74) is 0.162. The molecule has 1 N–H and O–H groups in total. The second-order valence-corrected chi connectivity index (χ2v) is 16.1. The van der Waals surface area contributed by atoms with Crippen molar-refractivity contribution in [1.82, 2.24) is 0 Å². The van der Waals surface area contributed by atoms with Gasteiger partial charge in [-0.15, -0.1) is 0 Å². The van der Waals surface area contributed by atoms with Gasteiger partial charge in [-0.1, -0.05) is 20.8 Å². The topological polar surface area (TPSA) is 75.6 Å². The molecule has 7 nitrogen and oxygen atoms in total. The molecule has 9 unspecified atom stereocenters. The van der Waals surface area contributed by atoms with E-state index in [2.05, 4.69) is 20.8 Å². The van der Waals surface area contributed by atoms with E-state index in [0.29, 0.717) is 37.3 Å². The number of fused-ring (bicyclic) bond motifs is 4. The van der Waals surface area contributed by atoms with Crippen LogP contribution in [0.3, 0.4) is 0 Å². The molecule has 0 aromatic heterocycles. The number of rotatable bonds is 16. The Kier molecular flexibility index (Phi) is 10.8. The van der Waals surface area contributed by atoms with Crippen LogP contribution in [0.15, 0.2) is 0 Å². The first-order chi connectivity index (χ1) is 20.9. The van der Waals surface area contributed by atoms with Gasteiger partial charge in [0.1, 0.15) is 0 Å². The Bertz CT molecular complexity index is 857. The smallest absolute Gasteiger partial charge is 0.0604 e. The van der Waals surface area contributed by atoms with E-state index < -0.39 is 0 Å². The maximum atomic E-state index is 10.6. The first-order valence-electron chi connectivity index (χ1n) is 18.1. The Balaban J connectivity index is 0.972. The lowest BCUT2D eigenvalue weighted by molar-refractivity contribution is -0.179. The predicted octanol–water partition coefficient (Wildman–Crippen LogP) is 6.19. The maximum absolute atomic E-state index is 10.6. The van der Waals surface area contributed by atoms with E-state index in [0.717, 1.165) is 96.4 Å². The van der Waals surface area contributed by atoms with E-state index >= 15 is 0 Å². The molecule has 6 fully saturated rings. The van der Waals surface area contributed by atoms with Crippen molar-refractivity contribution in [3.63, 3.8) is 0 Å². The van der Waals surface area contributed by atoms with Gasteiger partial charge >= 0.3 is 0 Å². The van der Waals surface area contributed by atoms with E-state index in [-0.39, 0.29) is 35.1 Å². The van der Waals surface area contributed by atoms with Crippen LogP contribution in [0.1, 0.15) is 104 Å². The summed E-state index contributed by atoms with van der Waals surface area (Å²) in [6.07, 6.45) is 16.3. The molecule has 2 aliphatic heterocycles. The molecule has 6 rings (SSSR count). The highest BCUT2D eigenvalue weighted by molar-refractivity contribution is 4.93. The Morgan fingerprint density at radius 2 is 1.14 bits per heavy atom. The normalized spacial score (nSPS) is 39.3. The lowest BCUT2D eigenvalue weighted by Gasteiger charge is -2.47. The van der Waals surface area contributed by atoms with Crippen LogP contribution in [0.25, 0.3) is 0 Å². The van der Waals surface area contributed by atoms with Crippen molar-refractivity contribution in [3.8, 4) is 0 Å². The summed E-state index contributed by atoms with van der Waals surface area (Å²) in [4.78, 5) is 0. The lowest BCUT2D eigenvalue weighted by atomic mass is 9.69. The second kappa shape index (κ2) is 14.2. The van der Waals surface area contributed by atoms with Crippen molar-refractivity contribution >= 4 is 0 Å². The number of aliphatic hydroxyl groups is 1. The lowest BCUT2D eigenvalue weighted by Crippen LogP contribution is -2.48. The number of ether oxygens (including phenoxy) is 6. The molecule has 4 saturated carbocycles. The van der Waals surface area contributed by atoms with E-state index in [1.54, 1.807) is 0 Å². The third-order valence-electron chi connectivity index (χ3n) is 13.0. The summed E-state index contributed by atoms with van der Waals surface area (Å²) in [5.74, 6) is 2.67. The van der Waals surface area contributed by atoms with Gasteiger partial charge in [-0.05, 0) is 107 Å². The van der Waals surface area contributed by atoms with Crippen molar-refractivity contribution in [2.75, 3.05) is 59.5 Å². The summed E-state index contributed by atoms with van der Waals surface area (Å²) in [6, 6.07) is 0. The van der Waals surface area contributed by atoms with E-state index in [4.69, 9.17) is 28.4 Å². The van der Waals surface area contributed by atoms with Crippen molar-refractivity contribution < 1.29 is 33.5 Å². The minimum atomic E-state index is -0.334. The molecule has 4 aliphatic carbocycles. The van der Waals surface area contributed by atoms with Crippen molar-refractivity contribution in [3.05, 3.63) is 0 Å². The fourth-order valence-corrected chi connectivity index (χ4v) is 9.08. The quantitative estimate of drug-likeness (QED) is 0.225. The Morgan fingerprint density at radius 1 is 0.628 bits per heavy atom. The Morgan fingerprint density at radius 3 is 1.63 bits per heavy atom. The maximum Gasteiger partial charge on any atom is 0.0604 e. The molecule has 2 saturated heterocycles. The minimum Gasteiger partial charge on any atom is -0.396 e. The number of aliphatic hydroxyl groups excluding tert-OH is 1. The molecule has 7 heteroatoms. The molecule has 0 amide bonds. The fraction of sp³-hybridized carbons (Fsp3) is 1.00. The third-order valence-corrected chi connectivity index (χ3v) is 13.0. The molecular formula is C36H62O7. The SMILES string of the molecule is CCC1(COC2CC3CCC(OCC(CC)(CO)COC4CC5CCC(OCC6(CC)COC6)C(C5)C4)C(C3)C2)COC1. The van der Waals surface area contributed by atoms with E-state index in [1.165, 1.54) is 38.5 Å². The molecule has 0 aromatic rings. The van der Waals surface area contributed by atoms with Crippen LogP contribution in [-0.2, 0) is 28.4 Å². The minimum absolute atomic E-state index is 0.114. The average molecular weight is 607 g/mol. The molecule has 9 atom stereocenters. The first kappa shape index (κ1) is 32.7. The largest absolute Gasteiger partial charge is 0.396 e. The highest BCUT2D eigenvalue weighted by Gasteiger charge is 2.44. The van der Waals surface area contributed by atoms with Gasteiger partial charge in [0.2, 0.25) is 0 Å². The molecule has 248 valence electrons. The monoisotopic (exact) mass is 606 g/mol. The van der Waals surface area contributed by atoms with Crippen LogP contribution in [0.4, 0.5) is 0 Å². The highest BCUT2D eigenvalue weighted by atomic mass is 16.5. The van der Waals surface area contributed by atoms with Gasteiger partial charge in [-0.3, -0.25) is 0 Å². The summed E-state index contributed by atoms with van der Waals surface area (Å²) < 4.78 is 37.6. The van der Waals surface area contributed by atoms with Crippen LogP contribution >= 0.6 is 0 Å². The highest BCUT2D eigenvalue weighted by Crippen LogP contribution is 2.46. The van der Waals surface area contributed by atoms with Crippen LogP contribution in [0.5, 0.6) is 0 Å². The first-order valence-corrected chi connectivity index (χ1v) is 18.1. The zero-order chi connectivity index (χ0) is 29.9. The zero-order valence-electron chi connectivity index (χ0n) is 27.6. The van der Waals surface area contributed by atoms with Gasteiger partial charge in [0.05, 0.1) is 83.9 Å². The zero-order valence-corrected chi connectivity index (χ0v) is 27.6. The average Bonchev–Trinajstić information content (AvgIpc) is 2.99. The van der Waals surface area contributed by atoms with Crippen molar-refractivity contribution in [2.45, 2.75) is 129 Å². The van der Waals surface area contributed by atoms with Crippen molar-refractivity contribution in [1.29, 1.82) is 0 Å². The molecule has 2 heterocycles. The summed E-state index contributed by atoms with van der Waals surface area (Å²) >= 11 is 0. The summed E-state index contributed by atoms with van der Waals surface area (Å²) in [7, 11) is 0. The second-order valence-electron chi connectivity index (χ2n) is 16.1. The molecule has 0 spiro atoms. The molecule has 4 bridgehead atoms. The number of hydrogen-bond acceptors (Lipinski definition) is 7. The van der Waals surface area contributed by atoms with Gasteiger partial charge in [0, 0.05) is 16.2 Å². The molecule has 43 heavy (non-hydrogen) atoms. The van der Waals surface area contributed by atoms with Gasteiger partial charge in [0.25, 0.3) is 0 Å². The molecular weight excluding hydrogens is 544 g/mol. The standard InChI is InChI=1S/C36H62O7/c1-4-34(17-37,22-40-30-13-26-8-10-33(29(12-26)15-30)43-25-36(6-3)20-39-21-36)23-42-32-9-7-27-11-28(32)16-31(14-27)41-24-35(5-2)18-38-19-35/h26-33,37H,4-25H2,1-3H3. The van der Waals surface area contributed by atoms with Gasteiger partial charge in [-0.2, -0.15) is 0 Å². The van der Waals surface area contributed by atoms with Crippen LogP contribution in [-0.4, -0.2) is 89.0 Å². The van der Waals surface area contributed by atoms with Crippen molar-refractivity contribution in [2.24, 2.45) is 39.9 Å². The van der Waals surface area contributed by atoms with Gasteiger partial charge in [0.15, 0.2) is 0 Å². The van der Waals surface area contributed by atoms with E-state index in [9.17, 15) is 5.11 Å². The predicted molar refractivity (Wildman–Crippen MR) is 166 cm³/mol. The van der Waals surface area contributed by atoms with Crippen LogP contribution < -0.4 is 0 Å². The number of hydrogen-bond donors (Lipinski definition) is 1. The summed E-state index contributed by atoms with van der Waals surface area (Å²) in [6.45, 7) is 13.1.